The summed E-state index contributed by atoms with van der Waals surface area (Å²) in [5.74, 6) is 0.908. The van der Waals surface area contributed by atoms with Gasteiger partial charge in [0.25, 0.3) is 5.91 Å². The number of thiazole rings is 1. The summed E-state index contributed by atoms with van der Waals surface area (Å²) in [6, 6.07) is -0.858. The van der Waals surface area contributed by atoms with E-state index >= 15 is 0 Å². The number of imidazole rings is 1. The lowest BCUT2D eigenvalue weighted by molar-refractivity contribution is -0.128. The van der Waals surface area contributed by atoms with Crippen LogP contribution < -0.4 is 5.32 Å². The van der Waals surface area contributed by atoms with Crippen molar-refractivity contribution >= 4 is 34.1 Å². The number of hydrogen-bond acceptors (Lipinski definition) is 7. The average Bonchev–Trinajstić information content (AvgIpc) is 3.22. The number of likely N-dealkylation sites (N-methyl/N-ethyl adjacent to an activating group) is 1. The van der Waals surface area contributed by atoms with E-state index in [0.717, 1.165) is 16.5 Å². The van der Waals surface area contributed by atoms with E-state index in [4.69, 9.17) is 14.7 Å². The van der Waals surface area contributed by atoms with Crippen LogP contribution in [0.1, 0.15) is 17.5 Å². The number of nitrogens with one attached hydrogen (secondary N) is 1. The average molecular weight is 402 g/mol. The summed E-state index contributed by atoms with van der Waals surface area (Å²) in [5.41, 5.74) is 0.910. The van der Waals surface area contributed by atoms with Crippen LogP contribution in [0.15, 0.2) is 17.4 Å². The molecule has 28 heavy (non-hydrogen) atoms. The summed E-state index contributed by atoms with van der Waals surface area (Å²) in [6.45, 7) is 6.53. The maximum Gasteiger partial charge on any atom is 0.325 e. The molecule has 0 aromatic carbocycles. The molecular formula is C18H22N6O3S. The zero-order chi connectivity index (χ0) is 19.4. The number of nitrogens with zero attached hydrogens (tertiary/aromatic N) is 5. The highest BCUT2D eigenvalue weighted by atomic mass is 32.1. The van der Waals surface area contributed by atoms with Crippen molar-refractivity contribution in [1.82, 2.24) is 24.5 Å². The molecule has 1 N–H and O–H groups in total. The smallest absolute Gasteiger partial charge is 0.325 e. The van der Waals surface area contributed by atoms with Crippen LogP contribution in [0.25, 0.3) is 4.96 Å². The van der Waals surface area contributed by atoms with Gasteiger partial charge in [0.05, 0.1) is 18.9 Å². The predicted octanol–water partition coefficient (Wildman–Crippen LogP) is 0.874. The highest BCUT2D eigenvalue weighted by Gasteiger charge is 2.49. The summed E-state index contributed by atoms with van der Waals surface area (Å²) in [7, 11) is 0. The molecule has 2 saturated heterocycles. The maximum absolute atomic E-state index is 12.7. The van der Waals surface area contributed by atoms with Crippen LogP contribution in [0, 0.1) is 12.8 Å². The molecule has 3 amide bonds. The number of urea groups is 1. The lowest BCUT2D eigenvalue weighted by atomic mass is 10.0. The number of fused-ring (bicyclic) bond motifs is 2. The van der Waals surface area contributed by atoms with E-state index in [0.29, 0.717) is 38.6 Å². The van der Waals surface area contributed by atoms with Crippen molar-refractivity contribution in [3.8, 4) is 0 Å². The molecular weight excluding hydrogens is 380 g/mol. The number of aryl methyl sites for hydroxylation is 1. The summed E-state index contributed by atoms with van der Waals surface area (Å²) >= 11 is 1.64. The van der Waals surface area contributed by atoms with E-state index in [1.807, 2.05) is 17.5 Å². The number of hydrogen-bond donors (Lipinski definition) is 1. The van der Waals surface area contributed by atoms with E-state index < -0.39 is 12.2 Å². The van der Waals surface area contributed by atoms with Gasteiger partial charge in [-0.3, -0.25) is 19.4 Å². The Hall–Kier alpha value is -2.46. The molecule has 0 radical (unpaired) electrons. The number of carbonyl (C=O) groups is 2. The van der Waals surface area contributed by atoms with Crippen molar-refractivity contribution in [3.05, 3.63) is 23.0 Å². The summed E-state index contributed by atoms with van der Waals surface area (Å²) in [4.78, 5) is 40.2. The zero-order valence-electron chi connectivity index (χ0n) is 15.8. The van der Waals surface area contributed by atoms with Crippen LogP contribution in [0.5, 0.6) is 0 Å². The van der Waals surface area contributed by atoms with Crippen LogP contribution in [0.4, 0.5) is 4.79 Å². The lowest BCUT2D eigenvalue weighted by Gasteiger charge is -2.40. The molecule has 9 nitrogen and oxygen atoms in total. The van der Waals surface area contributed by atoms with E-state index in [1.165, 1.54) is 4.88 Å². The van der Waals surface area contributed by atoms with Crippen molar-refractivity contribution in [3.63, 3.8) is 0 Å². The lowest BCUT2D eigenvalue weighted by Crippen LogP contribution is -2.65. The minimum Gasteiger partial charge on any atom is -0.381 e. The first-order valence-corrected chi connectivity index (χ1v) is 10.3. The Labute approximate surface area is 166 Å². The number of aliphatic imine (C=N–C) groups is 1. The van der Waals surface area contributed by atoms with Gasteiger partial charge in [0.1, 0.15) is 5.84 Å². The van der Waals surface area contributed by atoms with E-state index in [2.05, 4.69) is 23.3 Å². The third-order valence-electron chi connectivity index (χ3n) is 5.47. The molecule has 5 rings (SSSR count). The third-order valence-corrected chi connectivity index (χ3v) is 6.39. The Bertz CT molecular complexity index is 946. The summed E-state index contributed by atoms with van der Waals surface area (Å²) in [5, 5.41) is 2.48. The first-order valence-electron chi connectivity index (χ1n) is 9.50. The van der Waals surface area contributed by atoms with Crippen LogP contribution in [-0.2, 0) is 16.0 Å². The molecule has 10 heteroatoms. The second-order valence-electron chi connectivity index (χ2n) is 7.48. The fraction of sp³-hybridized carbons (Fsp3) is 0.556. The first kappa shape index (κ1) is 17.6. The van der Waals surface area contributed by atoms with Crippen molar-refractivity contribution in [2.24, 2.45) is 10.9 Å². The summed E-state index contributed by atoms with van der Waals surface area (Å²) in [6.07, 6.45) is 4.12. The quantitative estimate of drug-likeness (QED) is 0.802. The Morgan fingerprint density at radius 3 is 2.79 bits per heavy atom. The van der Waals surface area contributed by atoms with Crippen LogP contribution in [0.2, 0.25) is 0 Å². The Balaban J connectivity index is 1.46. The van der Waals surface area contributed by atoms with Gasteiger partial charge in [-0.05, 0) is 13.8 Å². The largest absolute Gasteiger partial charge is 0.381 e. The van der Waals surface area contributed by atoms with Crippen molar-refractivity contribution in [1.29, 1.82) is 0 Å². The SMILES string of the molecule is CCN1C(=O)NC(=O)C2C1N=C(Cc1cn3cc(C)sc3n1)N2CC1COC1. The van der Waals surface area contributed by atoms with Gasteiger partial charge in [0.2, 0.25) is 0 Å². The van der Waals surface area contributed by atoms with E-state index in [1.54, 1.807) is 16.2 Å². The first-order chi connectivity index (χ1) is 13.5. The second kappa shape index (κ2) is 6.56. The van der Waals surface area contributed by atoms with Crippen LogP contribution >= 0.6 is 11.3 Å². The standard InChI is InChI=1S/C18H22N6O3S/c1-3-23-15-14(16(25)21-17(23)26)24(6-11-8-27-9-11)13(20-15)4-12-7-22-5-10(2)28-18(22)19-12/h5,7,11,14-15H,3-4,6,8-9H2,1-2H3,(H,21,25,26). The van der Waals surface area contributed by atoms with Gasteiger partial charge in [-0.25, -0.2) is 14.8 Å². The van der Waals surface area contributed by atoms with Crippen molar-refractivity contribution in [2.75, 3.05) is 26.3 Å². The number of rotatable bonds is 5. The summed E-state index contributed by atoms with van der Waals surface area (Å²) < 4.78 is 7.34. The van der Waals surface area contributed by atoms with E-state index in [9.17, 15) is 9.59 Å². The van der Waals surface area contributed by atoms with E-state index in [-0.39, 0.29) is 11.9 Å². The molecule has 2 atom stereocenters. The van der Waals surface area contributed by atoms with Crippen molar-refractivity contribution < 1.29 is 14.3 Å². The minimum atomic E-state index is -0.487. The number of imide groups is 1. The molecule has 2 aromatic rings. The molecule has 3 aliphatic heterocycles. The van der Waals surface area contributed by atoms with Gasteiger partial charge in [0, 0.05) is 42.7 Å². The molecule has 3 aliphatic rings. The fourth-order valence-electron chi connectivity index (χ4n) is 4.08. The van der Waals surface area contributed by atoms with Crippen LogP contribution in [0.3, 0.4) is 0 Å². The van der Waals surface area contributed by atoms with Gasteiger partial charge in [0.15, 0.2) is 17.2 Å². The Kier molecular flexibility index (Phi) is 4.13. The Morgan fingerprint density at radius 2 is 2.11 bits per heavy atom. The second-order valence-corrected chi connectivity index (χ2v) is 8.69. The highest BCUT2D eigenvalue weighted by Crippen LogP contribution is 2.28. The number of carbonyl (C=O) groups excluding carboxylic acids is 2. The molecule has 0 spiro atoms. The van der Waals surface area contributed by atoms with Gasteiger partial charge < -0.3 is 9.64 Å². The predicted molar refractivity (Wildman–Crippen MR) is 103 cm³/mol. The fourth-order valence-corrected chi connectivity index (χ4v) is 4.91. The molecule has 2 fully saturated rings. The zero-order valence-corrected chi connectivity index (χ0v) is 16.6. The Morgan fingerprint density at radius 1 is 1.29 bits per heavy atom. The van der Waals surface area contributed by atoms with Gasteiger partial charge in [-0.2, -0.15) is 0 Å². The third kappa shape index (κ3) is 2.78. The molecule has 5 heterocycles. The highest BCUT2D eigenvalue weighted by molar-refractivity contribution is 7.16. The maximum atomic E-state index is 12.7. The topological polar surface area (TPSA) is 91.5 Å². The van der Waals surface area contributed by atoms with Gasteiger partial charge in [-0.1, -0.05) is 0 Å². The molecule has 0 saturated carbocycles. The minimum absolute atomic E-state index is 0.278. The molecule has 148 valence electrons. The monoisotopic (exact) mass is 402 g/mol. The molecule has 2 unspecified atom stereocenters. The van der Waals surface area contributed by atoms with Crippen molar-refractivity contribution in [2.45, 2.75) is 32.5 Å². The van der Waals surface area contributed by atoms with Crippen LogP contribution in [-0.4, -0.2) is 75.5 Å². The number of amides is 3. The molecule has 0 aliphatic carbocycles. The number of amidine groups is 1. The van der Waals surface area contributed by atoms with Gasteiger partial charge >= 0.3 is 6.03 Å². The normalized spacial score (nSPS) is 25.1. The molecule has 2 aromatic heterocycles. The van der Waals surface area contributed by atoms with Gasteiger partial charge in [-0.15, -0.1) is 11.3 Å². The number of aromatic nitrogens is 2. The molecule has 0 bridgehead atoms. The number of ether oxygens (including phenoxy) is 1.